The molecule has 4 aromatic rings. The van der Waals surface area contributed by atoms with Crippen molar-refractivity contribution < 1.29 is 22.3 Å². The van der Waals surface area contributed by atoms with Crippen LogP contribution in [-0.4, -0.2) is 70.6 Å². The lowest BCUT2D eigenvalue weighted by atomic mass is 10.2. The van der Waals surface area contributed by atoms with Gasteiger partial charge in [-0.15, -0.1) is 12.4 Å². The minimum absolute atomic E-state index is 0. The van der Waals surface area contributed by atoms with Gasteiger partial charge in [0.2, 0.25) is 0 Å². The zero-order valence-electron chi connectivity index (χ0n) is 21.7. The van der Waals surface area contributed by atoms with Crippen molar-refractivity contribution in [3.63, 3.8) is 0 Å². The molecule has 1 saturated heterocycles. The van der Waals surface area contributed by atoms with Gasteiger partial charge in [0.1, 0.15) is 17.1 Å². The van der Waals surface area contributed by atoms with Gasteiger partial charge in [-0.1, -0.05) is 17.4 Å². The first-order chi connectivity index (χ1) is 18.8. The highest BCUT2D eigenvalue weighted by Gasteiger charge is 2.21. The highest BCUT2D eigenvalue weighted by molar-refractivity contribution is 7.92. The maximum absolute atomic E-state index is 13.1. The lowest BCUT2D eigenvalue weighted by Crippen LogP contribution is -2.48. The van der Waals surface area contributed by atoms with Crippen LogP contribution in [0.1, 0.15) is 10.4 Å². The third-order valence-electron chi connectivity index (χ3n) is 6.47. The van der Waals surface area contributed by atoms with Crippen molar-refractivity contribution in [2.75, 3.05) is 56.0 Å². The van der Waals surface area contributed by atoms with E-state index in [1.54, 1.807) is 30.6 Å². The van der Waals surface area contributed by atoms with E-state index in [2.05, 4.69) is 25.9 Å². The highest BCUT2D eigenvalue weighted by Crippen LogP contribution is 2.34. The van der Waals surface area contributed by atoms with Gasteiger partial charge < -0.3 is 15.0 Å². The molecule has 0 aliphatic carbocycles. The Bertz CT molecular complexity index is 1560. The van der Waals surface area contributed by atoms with Gasteiger partial charge in [-0.25, -0.2) is 17.8 Å². The van der Waals surface area contributed by atoms with Gasteiger partial charge in [-0.2, -0.15) is 0 Å². The molecule has 40 heavy (non-hydrogen) atoms. The number of amides is 1. The van der Waals surface area contributed by atoms with Crippen molar-refractivity contribution in [2.45, 2.75) is 4.90 Å². The summed E-state index contributed by atoms with van der Waals surface area (Å²) in [5, 5.41) is 3.92. The fourth-order valence-electron chi connectivity index (χ4n) is 4.32. The number of carbonyl (C=O) groups is 1. The Morgan fingerprint density at radius 2 is 1.73 bits per heavy atom. The highest BCUT2D eigenvalue weighted by atomic mass is 35.5. The molecule has 9 nitrogen and oxygen atoms in total. The van der Waals surface area contributed by atoms with Gasteiger partial charge in [0, 0.05) is 50.5 Å². The molecule has 0 saturated carbocycles. The quantitative estimate of drug-likeness (QED) is 0.294. The average Bonchev–Trinajstić information content (AvgIpc) is 3.38. The van der Waals surface area contributed by atoms with Crippen LogP contribution in [0.25, 0.3) is 10.2 Å². The number of rotatable bonds is 9. The topological polar surface area (TPSA) is 104 Å². The Morgan fingerprint density at radius 3 is 2.40 bits per heavy atom. The SMILES string of the molecule is COc1cccc2sc(N3CCN(CCNC(=O)c4ccc(NS(=O)(=O)c5ccc(F)cc5)cc4)CC3)nc12.Cl. The molecular formula is C27H29ClFN5O4S2. The Hall–Kier alpha value is -3.45. The summed E-state index contributed by atoms with van der Waals surface area (Å²) in [6, 6.07) is 16.7. The van der Waals surface area contributed by atoms with Crippen LogP contribution in [-0.2, 0) is 10.0 Å². The molecule has 2 N–H and O–H groups in total. The zero-order chi connectivity index (χ0) is 27.4. The number of anilines is 2. The molecule has 3 aromatic carbocycles. The van der Waals surface area contributed by atoms with Crippen LogP contribution in [0.4, 0.5) is 15.2 Å². The maximum Gasteiger partial charge on any atom is 0.261 e. The van der Waals surface area contributed by atoms with Crippen LogP contribution in [0.5, 0.6) is 5.75 Å². The van der Waals surface area contributed by atoms with Crippen LogP contribution < -0.4 is 19.7 Å². The largest absolute Gasteiger partial charge is 0.494 e. The lowest BCUT2D eigenvalue weighted by molar-refractivity contribution is 0.0948. The second-order valence-corrected chi connectivity index (χ2v) is 11.7. The molecule has 1 amide bonds. The summed E-state index contributed by atoms with van der Waals surface area (Å²) in [6.45, 7) is 4.66. The Kier molecular flexibility index (Phi) is 9.46. The molecular weight excluding hydrogens is 577 g/mol. The minimum Gasteiger partial charge on any atom is -0.494 e. The van der Waals surface area contributed by atoms with E-state index in [0.717, 1.165) is 66.0 Å². The molecule has 212 valence electrons. The average molecular weight is 606 g/mol. The molecule has 13 heteroatoms. The summed E-state index contributed by atoms with van der Waals surface area (Å²) in [4.78, 5) is 21.9. The number of halogens is 2. The summed E-state index contributed by atoms with van der Waals surface area (Å²) in [6.07, 6.45) is 0. The summed E-state index contributed by atoms with van der Waals surface area (Å²) < 4.78 is 47.0. The van der Waals surface area contributed by atoms with E-state index in [1.165, 1.54) is 24.3 Å². The Morgan fingerprint density at radius 1 is 1.02 bits per heavy atom. The molecule has 2 heterocycles. The second kappa shape index (κ2) is 12.8. The van der Waals surface area contributed by atoms with Gasteiger partial charge in [-0.3, -0.25) is 14.4 Å². The number of carbonyl (C=O) groups excluding carboxylic acids is 1. The summed E-state index contributed by atoms with van der Waals surface area (Å²) in [5.41, 5.74) is 1.62. The monoisotopic (exact) mass is 605 g/mol. The number of fused-ring (bicyclic) bond motifs is 1. The molecule has 0 radical (unpaired) electrons. The van der Waals surface area contributed by atoms with E-state index in [9.17, 15) is 17.6 Å². The van der Waals surface area contributed by atoms with Gasteiger partial charge in [0.15, 0.2) is 5.13 Å². The molecule has 0 spiro atoms. The van der Waals surface area contributed by atoms with E-state index >= 15 is 0 Å². The van der Waals surface area contributed by atoms with Gasteiger partial charge in [-0.05, 0) is 60.7 Å². The fourth-order valence-corrected chi connectivity index (χ4v) is 6.41. The maximum atomic E-state index is 13.1. The van der Waals surface area contributed by atoms with Crippen LogP contribution in [0.15, 0.2) is 71.6 Å². The number of ether oxygens (including phenoxy) is 1. The standard InChI is InChI=1S/C27H28FN5O4S2.ClH/c1-37-23-3-2-4-24-25(23)30-27(38-24)33-17-15-32(16-18-33)14-13-29-26(34)19-5-9-21(10-6-19)31-39(35,36)22-11-7-20(28)8-12-22;/h2-12,31H,13-18H2,1H3,(H,29,34);1H. The van der Waals surface area contributed by atoms with E-state index in [-0.39, 0.29) is 23.2 Å². The van der Waals surface area contributed by atoms with Crippen molar-refractivity contribution in [1.82, 2.24) is 15.2 Å². The summed E-state index contributed by atoms with van der Waals surface area (Å²) in [7, 11) is -2.20. The predicted octanol–water partition coefficient (Wildman–Crippen LogP) is 4.22. The molecule has 0 bridgehead atoms. The van der Waals surface area contributed by atoms with Crippen molar-refractivity contribution >= 4 is 60.7 Å². The van der Waals surface area contributed by atoms with Crippen molar-refractivity contribution in [2.24, 2.45) is 0 Å². The number of para-hydroxylation sites is 1. The third kappa shape index (κ3) is 6.81. The number of hydrogen-bond donors (Lipinski definition) is 2. The van der Waals surface area contributed by atoms with Crippen molar-refractivity contribution in [3.8, 4) is 5.75 Å². The summed E-state index contributed by atoms with van der Waals surface area (Å²) in [5.74, 6) is 0.0349. The smallest absolute Gasteiger partial charge is 0.261 e. The minimum atomic E-state index is -3.86. The van der Waals surface area contributed by atoms with E-state index in [4.69, 9.17) is 9.72 Å². The number of nitrogens with one attached hydrogen (secondary N) is 2. The Balaban J connectivity index is 0.00000370. The molecule has 1 aliphatic heterocycles. The number of nitrogens with zero attached hydrogens (tertiary/aromatic N) is 3. The molecule has 1 fully saturated rings. The first-order valence-electron chi connectivity index (χ1n) is 12.4. The zero-order valence-corrected chi connectivity index (χ0v) is 24.1. The Labute approximate surface area is 242 Å². The van der Waals surface area contributed by atoms with Crippen LogP contribution >= 0.6 is 23.7 Å². The number of piperazine rings is 1. The van der Waals surface area contributed by atoms with Gasteiger partial charge >= 0.3 is 0 Å². The van der Waals surface area contributed by atoms with E-state index < -0.39 is 15.8 Å². The van der Waals surface area contributed by atoms with Crippen LogP contribution in [0.3, 0.4) is 0 Å². The predicted molar refractivity (Wildman–Crippen MR) is 158 cm³/mol. The number of methoxy groups -OCH3 is 1. The van der Waals surface area contributed by atoms with E-state index in [0.29, 0.717) is 17.8 Å². The normalized spacial score (nSPS) is 14.0. The lowest BCUT2D eigenvalue weighted by Gasteiger charge is -2.34. The number of hydrogen-bond acceptors (Lipinski definition) is 8. The van der Waals surface area contributed by atoms with Crippen LogP contribution in [0, 0.1) is 5.82 Å². The summed E-state index contributed by atoms with van der Waals surface area (Å²) >= 11 is 1.66. The van der Waals surface area contributed by atoms with Crippen LogP contribution in [0.2, 0.25) is 0 Å². The van der Waals surface area contributed by atoms with Gasteiger partial charge in [0.25, 0.3) is 15.9 Å². The molecule has 1 aromatic heterocycles. The van der Waals surface area contributed by atoms with Crippen molar-refractivity contribution in [3.05, 3.63) is 78.1 Å². The first-order valence-corrected chi connectivity index (χ1v) is 14.7. The third-order valence-corrected chi connectivity index (χ3v) is 8.95. The first kappa shape index (κ1) is 29.5. The number of sulfonamides is 1. The second-order valence-electron chi connectivity index (χ2n) is 9.02. The number of aromatic nitrogens is 1. The van der Waals surface area contributed by atoms with Crippen molar-refractivity contribution in [1.29, 1.82) is 0 Å². The number of benzene rings is 3. The molecule has 0 unspecified atom stereocenters. The van der Waals surface area contributed by atoms with E-state index in [1.807, 2.05) is 12.1 Å². The fraction of sp³-hybridized carbons (Fsp3) is 0.259. The molecule has 0 atom stereocenters. The van der Waals surface area contributed by atoms with Gasteiger partial charge in [0.05, 0.1) is 16.7 Å². The molecule has 5 rings (SSSR count). The number of thiazole rings is 1. The molecule has 1 aliphatic rings.